The largest absolute Gasteiger partial charge is 0.289 e. The van der Waals surface area contributed by atoms with Gasteiger partial charge in [-0.1, -0.05) is 24.3 Å². The summed E-state index contributed by atoms with van der Waals surface area (Å²) in [5.74, 6) is 0.532. The maximum Gasteiger partial charge on any atom is 0.230 e. The second-order valence-corrected chi connectivity index (χ2v) is 4.11. The van der Waals surface area contributed by atoms with E-state index in [1.54, 1.807) is 0 Å². The van der Waals surface area contributed by atoms with Gasteiger partial charge in [-0.15, -0.1) is 0 Å². The van der Waals surface area contributed by atoms with Crippen LogP contribution in [0.5, 0.6) is 0 Å². The number of hydrogen-bond acceptors (Lipinski definition) is 2. The molecule has 1 aliphatic heterocycles. The van der Waals surface area contributed by atoms with Crippen molar-refractivity contribution in [3.8, 4) is 5.69 Å². The first-order valence-corrected chi connectivity index (χ1v) is 5.48. The van der Waals surface area contributed by atoms with Crippen molar-refractivity contribution < 1.29 is 4.79 Å². The number of aromatic nitrogens is 2. The molecule has 2 aromatic carbocycles. The van der Waals surface area contributed by atoms with Crippen LogP contribution >= 0.6 is 0 Å². The summed E-state index contributed by atoms with van der Waals surface area (Å²) in [5.41, 5.74) is 3.52. The molecule has 3 heteroatoms. The van der Waals surface area contributed by atoms with Gasteiger partial charge in [0.2, 0.25) is 5.78 Å². The number of nitrogens with zero attached hydrogens (tertiary/aromatic N) is 2. The maximum absolute atomic E-state index is 12.2. The van der Waals surface area contributed by atoms with Crippen LogP contribution in [-0.4, -0.2) is 15.3 Å². The number of hydrogen-bond donors (Lipinski definition) is 0. The van der Waals surface area contributed by atoms with Crippen molar-refractivity contribution in [2.24, 2.45) is 0 Å². The molecule has 0 atom stereocenters. The molecular formula is C14H8N2O. The number of fused-ring (bicyclic) bond motifs is 5. The number of carbonyl (C=O) groups excluding carboxylic acids is 1. The summed E-state index contributed by atoms with van der Waals surface area (Å²) in [5, 5.41) is 0. The van der Waals surface area contributed by atoms with Gasteiger partial charge in [0.25, 0.3) is 0 Å². The first-order valence-electron chi connectivity index (χ1n) is 5.48. The van der Waals surface area contributed by atoms with Crippen LogP contribution in [0.3, 0.4) is 0 Å². The summed E-state index contributed by atoms with van der Waals surface area (Å²) in [6, 6.07) is 15.4. The summed E-state index contributed by atoms with van der Waals surface area (Å²) in [4.78, 5) is 16.6. The normalized spacial score (nSPS) is 12.8. The van der Waals surface area contributed by atoms with E-state index in [-0.39, 0.29) is 5.78 Å². The molecule has 2 heterocycles. The SMILES string of the molecule is O=C1c2ccccc2-n2c1nc1ccccc12. The molecule has 3 nitrogen and oxygen atoms in total. The molecule has 1 aliphatic rings. The van der Waals surface area contributed by atoms with Gasteiger partial charge in [0.05, 0.1) is 16.7 Å². The Kier molecular flexibility index (Phi) is 1.45. The third-order valence-corrected chi connectivity index (χ3v) is 3.15. The zero-order valence-corrected chi connectivity index (χ0v) is 8.92. The van der Waals surface area contributed by atoms with Crippen LogP contribution in [0.1, 0.15) is 16.2 Å². The number of imidazole rings is 1. The number of para-hydroxylation sites is 3. The van der Waals surface area contributed by atoms with Gasteiger partial charge in [-0.3, -0.25) is 9.36 Å². The summed E-state index contributed by atoms with van der Waals surface area (Å²) >= 11 is 0. The van der Waals surface area contributed by atoms with Crippen LogP contribution in [0.4, 0.5) is 0 Å². The van der Waals surface area contributed by atoms with Crippen LogP contribution in [0, 0.1) is 0 Å². The molecule has 0 bridgehead atoms. The van der Waals surface area contributed by atoms with Gasteiger partial charge < -0.3 is 0 Å². The average Bonchev–Trinajstić information content (AvgIpc) is 2.88. The number of ketones is 1. The molecule has 0 saturated carbocycles. The summed E-state index contributed by atoms with van der Waals surface area (Å²) in [6.07, 6.45) is 0. The Bertz CT molecular complexity index is 771. The van der Waals surface area contributed by atoms with Crippen molar-refractivity contribution in [2.45, 2.75) is 0 Å². The first kappa shape index (κ1) is 8.70. The Hall–Kier alpha value is -2.42. The molecule has 0 radical (unpaired) electrons. The molecular weight excluding hydrogens is 212 g/mol. The van der Waals surface area contributed by atoms with Crippen molar-refractivity contribution in [2.75, 3.05) is 0 Å². The topological polar surface area (TPSA) is 34.9 Å². The lowest BCUT2D eigenvalue weighted by atomic mass is 10.1. The fraction of sp³-hybridized carbons (Fsp3) is 0. The van der Waals surface area contributed by atoms with Gasteiger partial charge in [0, 0.05) is 5.56 Å². The quantitative estimate of drug-likeness (QED) is 0.456. The highest BCUT2D eigenvalue weighted by atomic mass is 16.1. The fourth-order valence-corrected chi connectivity index (χ4v) is 2.40. The lowest BCUT2D eigenvalue weighted by Gasteiger charge is -2.01. The maximum atomic E-state index is 12.2. The highest BCUT2D eigenvalue weighted by Crippen LogP contribution is 2.31. The molecule has 1 aromatic heterocycles. The Morgan fingerprint density at radius 3 is 2.65 bits per heavy atom. The van der Waals surface area contributed by atoms with Crippen molar-refractivity contribution in [3.05, 3.63) is 59.9 Å². The third kappa shape index (κ3) is 0.959. The fourth-order valence-electron chi connectivity index (χ4n) is 2.40. The van der Waals surface area contributed by atoms with Crippen LogP contribution in [0.25, 0.3) is 16.7 Å². The third-order valence-electron chi connectivity index (χ3n) is 3.15. The van der Waals surface area contributed by atoms with E-state index in [0.717, 1.165) is 22.3 Å². The molecule has 0 fully saturated rings. The molecule has 0 N–H and O–H groups in total. The average molecular weight is 220 g/mol. The second-order valence-electron chi connectivity index (χ2n) is 4.11. The lowest BCUT2D eigenvalue weighted by molar-refractivity contribution is 0.103. The van der Waals surface area contributed by atoms with Crippen molar-refractivity contribution >= 4 is 16.8 Å². The monoisotopic (exact) mass is 220 g/mol. The molecule has 0 unspecified atom stereocenters. The van der Waals surface area contributed by atoms with E-state index in [9.17, 15) is 4.79 Å². The van der Waals surface area contributed by atoms with Crippen molar-refractivity contribution in [1.82, 2.24) is 9.55 Å². The summed E-state index contributed by atoms with van der Waals surface area (Å²) in [6.45, 7) is 0. The smallest absolute Gasteiger partial charge is 0.230 e. The summed E-state index contributed by atoms with van der Waals surface area (Å²) in [7, 11) is 0. The van der Waals surface area contributed by atoms with Gasteiger partial charge >= 0.3 is 0 Å². The molecule has 0 saturated heterocycles. The number of rotatable bonds is 0. The lowest BCUT2D eigenvalue weighted by Crippen LogP contribution is -1.97. The van der Waals surface area contributed by atoms with E-state index < -0.39 is 0 Å². The highest BCUT2D eigenvalue weighted by Gasteiger charge is 2.29. The highest BCUT2D eigenvalue weighted by molar-refractivity contribution is 6.14. The van der Waals surface area contributed by atoms with Gasteiger partial charge in [-0.25, -0.2) is 4.98 Å². The molecule has 4 rings (SSSR count). The Balaban J connectivity index is 2.22. The molecule has 17 heavy (non-hydrogen) atoms. The molecule has 0 aliphatic carbocycles. The second kappa shape index (κ2) is 2.83. The minimum Gasteiger partial charge on any atom is -0.289 e. The first-order chi connectivity index (χ1) is 8.36. The van der Waals surface area contributed by atoms with E-state index in [4.69, 9.17) is 0 Å². The molecule has 0 amide bonds. The molecule has 0 spiro atoms. The van der Waals surface area contributed by atoms with Crippen LogP contribution in [0.2, 0.25) is 0 Å². The van der Waals surface area contributed by atoms with E-state index >= 15 is 0 Å². The standard InChI is InChI=1S/C14H8N2O/c17-13-9-5-1-3-7-11(9)16-12-8-4-2-6-10(12)15-14(13)16/h1-8H. The number of carbonyl (C=O) groups is 1. The van der Waals surface area contributed by atoms with Gasteiger partial charge in [0.15, 0.2) is 5.82 Å². The minimum atomic E-state index is 0.0109. The summed E-state index contributed by atoms with van der Waals surface area (Å²) < 4.78 is 1.94. The van der Waals surface area contributed by atoms with Crippen LogP contribution in [-0.2, 0) is 0 Å². The molecule has 3 aromatic rings. The zero-order valence-electron chi connectivity index (χ0n) is 8.92. The van der Waals surface area contributed by atoms with Gasteiger partial charge in [0.1, 0.15) is 0 Å². The van der Waals surface area contributed by atoms with Crippen LogP contribution < -0.4 is 0 Å². The van der Waals surface area contributed by atoms with Gasteiger partial charge in [-0.05, 0) is 24.3 Å². The minimum absolute atomic E-state index is 0.0109. The van der Waals surface area contributed by atoms with Crippen LogP contribution in [0.15, 0.2) is 48.5 Å². The zero-order chi connectivity index (χ0) is 11.4. The van der Waals surface area contributed by atoms with E-state index in [0.29, 0.717) is 5.82 Å². The van der Waals surface area contributed by atoms with Crippen molar-refractivity contribution in [3.63, 3.8) is 0 Å². The Labute approximate surface area is 97.3 Å². The van der Waals surface area contributed by atoms with Crippen molar-refractivity contribution in [1.29, 1.82) is 0 Å². The predicted molar refractivity (Wildman–Crippen MR) is 64.5 cm³/mol. The van der Waals surface area contributed by atoms with E-state index in [1.165, 1.54) is 0 Å². The molecule has 80 valence electrons. The van der Waals surface area contributed by atoms with E-state index in [1.807, 2.05) is 53.1 Å². The predicted octanol–water partition coefficient (Wildman–Crippen LogP) is 2.57. The Morgan fingerprint density at radius 2 is 1.71 bits per heavy atom. The number of benzene rings is 2. The Morgan fingerprint density at radius 1 is 0.941 bits per heavy atom. The van der Waals surface area contributed by atoms with Gasteiger partial charge in [-0.2, -0.15) is 0 Å². The van der Waals surface area contributed by atoms with E-state index in [2.05, 4.69) is 4.98 Å².